The molecule has 2 aromatic rings. The Hall–Kier alpha value is -2.30. The molecule has 0 spiro atoms. The summed E-state index contributed by atoms with van der Waals surface area (Å²) in [6, 6.07) is 7.10. The highest BCUT2D eigenvalue weighted by Crippen LogP contribution is 2.21. The van der Waals surface area contributed by atoms with E-state index in [9.17, 15) is 9.59 Å². The predicted molar refractivity (Wildman–Crippen MR) is 81.2 cm³/mol. The summed E-state index contributed by atoms with van der Waals surface area (Å²) in [6.45, 7) is 3.73. The first kappa shape index (κ1) is 15.1. The van der Waals surface area contributed by atoms with Gasteiger partial charge in [-0.3, -0.25) is 9.59 Å². The molecule has 0 radical (unpaired) electrons. The van der Waals surface area contributed by atoms with E-state index in [0.29, 0.717) is 5.56 Å². The second-order valence-corrected chi connectivity index (χ2v) is 5.25. The topological polar surface area (TPSA) is 62.6 Å². The van der Waals surface area contributed by atoms with E-state index in [2.05, 4.69) is 5.32 Å². The molecule has 112 valence electrons. The number of benzene rings is 1. The molecule has 2 amide bonds. The van der Waals surface area contributed by atoms with Gasteiger partial charge in [-0.25, -0.2) is 0 Å². The number of carbonyl (C=O) groups is 2. The molecule has 5 heteroatoms. The van der Waals surface area contributed by atoms with Crippen molar-refractivity contribution in [2.75, 3.05) is 14.1 Å². The third-order valence-electron chi connectivity index (χ3n) is 3.63. The lowest BCUT2D eigenvalue weighted by molar-refractivity contribution is -0.121. The molecule has 0 aliphatic rings. The maximum Gasteiger partial charge on any atom is 0.253 e. The minimum Gasteiger partial charge on any atom is -0.461 e. The number of hydrogen-bond donors (Lipinski definition) is 1. The second kappa shape index (κ2) is 5.99. The Labute approximate surface area is 123 Å². The van der Waals surface area contributed by atoms with E-state index < -0.39 is 0 Å². The summed E-state index contributed by atoms with van der Waals surface area (Å²) < 4.78 is 5.50. The van der Waals surface area contributed by atoms with Crippen molar-refractivity contribution in [1.82, 2.24) is 10.2 Å². The van der Waals surface area contributed by atoms with Gasteiger partial charge in [0.1, 0.15) is 11.3 Å². The van der Waals surface area contributed by atoms with Crippen LogP contribution in [0.1, 0.15) is 29.5 Å². The maximum absolute atomic E-state index is 12.5. The number of hydrogen-bond acceptors (Lipinski definition) is 3. The molecule has 0 bridgehead atoms. The van der Waals surface area contributed by atoms with Gasteiger partial charge in [-0.2, -0.15) is 0 Å². The molecular weight excluding hydrogens is 268 g/mol. The van der Waals surface area contributed by atoms with Crippen LogP contribution in [-0.4, -0.2) is 36.9 Å². The number of carbonyl (C=O) groups excluding carboxylic acids is 2. The number of nitrogens with one attached hydrogen (secondary N) is 1. The first-order valence-corrected chi connectivity index (χ1v) is 6.90. The molecule has 2 rings (SSSR count). The maximum atomic E-state index is 12.5. The van der Waals surface area contributed by atoms with Crippen LogP contribution in [-0.2, 0) is 4.79 Å². The number of aryl methyl sites for hydroxylation is 1. The Morgan fingerprint density at radius 3 is 2.71 bits per heavy atom. The van der Waals surface area contributed by atoms with Crippen molar-refractivity contribution in [3.05, 3.63) is 35.6 Å². The van der Waals surface area contributed by atoms with E-state index in [0.717, 1.165) is 16.7 Å². The van der Waals surface area contributed by atoms with Gasteiger partial charge < -0.3 is 14.6 Å². The Morgan fingerprint density at radius 1 is 1.33 bits per heavy atom. The van der Waals surface area contributed by atoms with Gasteiger partial charge in [0, 0.05) is 37.5 Å². The van der Waals surface area contributed by atoms with Gasteiger partial charge in [-0.15, -0.1) is 0 Å². The van der Waals surface area contributed by atoms with Crippen LogP contribution in [0.3, 0.4) is 0 Å². The second-order valence-electron chi connectivity index (χ2n) is 5.25. The van der Waals surface area contributed by atoms with Crippen LogP contribution in [0.15, 0.2) is 28.7 Å². The van der Waals surface area contributed by atoms with E-state index >= 15 is 0 Å². The molecule has 1 heterocycles. The van der Waals surface area contributed by atoms with Crippen molar-refractivity contribution in [3.63, 3.8) is 0 Å². The molecule has 21 heavy (non-hydrogen) atoms. The van der Waals surface area contributed by atoms with Gasteiger partial charge in [-0.1, -0.05) is 0 Å². The normalized spacial score (nSPS) is 12.2. The van der Waals surface area contributed by atoms with Crippen LogP contribution in [0.25, 0.3) is 11.0 Å². The van der Waals surface area contributed by atoms with E-state index in [1.165, 1.54) is 0 Å². The lowest BCUT2D eigenvalue weighted by atomic mass is 10.1. The molecule has 1 N–H and O–H groups in total. The monoisotopic (exact) mass is 288 g/mol. The van der Waals surface area contributed by atoms with Crippen LogP contribution in [0.4, 0.5) is 0 Å². The molecule has 0 saturated carbocycles. The average Bonchev–Trinajstić information content (AvgIpc) is 2.84. The lowest BCUT2D eigenvalue weighted by Crippen LogP contribution is -2.38. The predicted octanol–water partition coefficient (Wildman–Crippen LogP) is 2.34. The molecule has 5 nitrogen and oxygen atoms in total. The molecule has 0 saturated heterocycles. The Morgan fingerprint density at radius 2 is 2.05 bits per heavy atom. The molecule has 0 fully saturated rings. The highest BCUT2D eigenvalue weighted by atomic mass is 16.3. The molecular formula is C16H20N2O3. The summed E-state index contributed by atoms with van der Waals surface area (Å²) in [5, 5.41) is 3.48. The first-order chi connectivity index (χ1) is 9.92. The van der Waals surface area contributed by atoms with Crippen LogP contribution < -0.4 is 5.32 Å². The Balaban J connectivity index is 2.18. The standard InChI is InChI=1S/C16H20N2O3/c1-10(7-15(19)17-3)18(4)16(20)12-5-6-14-13(9-12)8-11(2)21-14/h5-6,8-10H,7H2,1-4H3,(H,17,19). The lowest BCUT2D eigenvalue weighted by Gasteiger charge is -2.24. The summed E-state index contributed by atoms with van der Waals surface area (Å²) in [5.74, 6) is 0.631. The average molecular weight is 288 g/mol. The van der Waals surface area contributed by atoms with Crippen molar-refractivity contribution < 1.29 is 14.0 Å². The molecule has 1 aromatic carbocycles. The zero-order valence-electron chi connectivity index (χ0n) is 12.8. The highest BCUT2D eigenvalue weighted by molar-refractivity contribution is 5.98. The fourth-order valence-electron chi connectivity index (χ4n) is 2.22. The number of rotatable bonds is 4. The molecule has 0 aliphatic heterocycles. The summed E-state index contributed by atoms with van der Waals surface area (Å²) in [5.41, 5.74) is 1.36. The van der Waals surface area contributed by atoms with Gasteiger partial charge in [0.25, 0.3) is 5.91 Å². The van der Waals surface area contributed by atoms with Crippen molar-refractivity contribution in [3.8, 4) is 0 Å². The van der Waals surface area contributed by atoms with E-state index in [-0.39, 0.29) is 24.3 Å². The SMILES string of the molecule is CNC(=O)CC(C)N(C)C(=O)c1ccc2oc(C)cc2c1. The van der Waals surface area contributed by atoms with Crippen LogP contribution >= 0.6 is 0 Å². The Bertz CT molecular complexity index is 675. The van der Waals surface area contributed by atoms with E-state index in [1.54, 1.807) is 31.1 Å². The third kappa shape index (κ3) is 3.24. The summed E-state index contributed by atoms with van der Waals surface area (Å²) >= 11 is 0. The van der Waals surface area contributed by atoms with Gasteiger partial charge >= 0.3 is 0 Å². The van der Waals surface area contributed by atoms with Gasteiger partial charge in [0.15, 0.2) is 0 Å². The molecule has 1 atom stereocenters. The van der Waals surface area contributed by atoms with Crippen molar-refractivity contribution in [1.29, 1.82) is 0 Å². The van der Waals surface area contributed by atoms with E-state index in [4.69, 9.17) is 4.42 Å². The van der Waals surface area contributed by atoms with Gasteiger partial charge in [0.05, 0.1) is 0 Å². The van der Waals surface area contributed by atoms with E-state index in [1.807, 2.05) is 26.0 Å². The quantitative estimate of drug-likeness (QED) is 0.939. The molecule has 1 unspecified atom stereocenters. The zero-order chi connectivity index (χ0) is 15.6. The van der Waals surface area contributed by atoms with Crippen molar-refractivity contribution in [2.45, 2.75) is 26.3 Å². The van der Waals surface area contributed by atoms with Crippen LogP contribution in [0.2, 0.25) is 0 Å². The minimum atomic E-state index is -0.167. The highest BCUT2D eigenvalue weighted by Gasteiger charge is 2.20. The fourth-order valence-corrected chi connectivity index (χ4v) is 2.22. The number of fused-ring (bicyclic) bond motifs is 1. The first-order valence-electron chi connectivity index (χ1n) is 6.90. The van der Waals surface area contributed by atoms with Crippen LogP contribution in [0.5, 0.6) is 0 Å². The molecule has 1 aromatic heterocycles. The number of amides is 2. The largest absolute Gasteiger partial charge is 0.461 e. The smallest absolute Gasteiger partial charge is 0.253 e. The fraction of sp³-hybridized carbons (Fsp3) is 0.375. The number of nitrogens with zero attached hydrogens (tertiary/aromatic N) is 1. The van der Waals surface area contributed by atoms with Crippen molar-refractivity contribution in [2.24, 2.45) is 0 Å². The number of furan rings is 1. The molecule has 0 aliphatic carbocycles. The zero-order valence-corrected chi connectivity index (χ0v) is 12.8. The minimum absolute atomic E-state index is 0.0805. The van der Waals surface area contributed by atoms with Gasteiger partial charge in [0.2, 0.25) is 5.91 Å². The summed E-state index contributed by atoms with van der Waals surface area (Å²) in [7, 11) is 3.30. The Kier molecular flexibility index (Phi) is 4.31. The summed E-state index contributed by atoms with van der Waals surface area (Å²) in [4.78, 5) is 25.5. The summed E-state index contributed by atoms with van der Waals surface area (Å²) in [6.07, 6.45) is 0.284. The van der Waals surface area contributed by atoms with Gasteiger partial charge in [-0.05, 0) is 38.1 Å². The third-order valence-corrected chi connectivity index (χ3v) is 3.63. The van der Waals surface area contributed by atoms with Crippen molar-refractivity contribution >= 4 is 22.8 Å². The van der Waals surface area contributed by atoms with Crippen LogP contribution in [0, 0.1) is 6.92 Å².